The van der Waals surface area contributed by atoms with Crippen LogP contribution in [-0.4, -0.2) is 36.6 Å². The summed E-state index contributed by atoms with van der Waals surface area (Å²) in [5, 5.41) is 15.3. The van der Waals surface area contributed by atoms with Crippen molar-refractivity contribution in [1.29, 1.82) is 5.26 Å². The van der Waals surface area contributed by atoms with E-state index in [1.807, 2.05) is 20.0 Å². The Balaban J connectivity index is 0.000000973. The minimum Gasteiger partial charge on any atom is -0.483 e. The molecule has 43 heavy (non-hydrogen) atoms. The molecule has 3 aromatic rings. The molecular weight excluding hydrogens is 553 g/mol. The number of aromatic nitrogens is 1. The Morgan fingerprint density at radius 2 is 1.88 bits per heavy atom. The molecular formula is C32H35BF2N4O4. The molecule has 0 spiro atoms. The average Bonchev–Trinajstić information content (AvgIpc) is 3.00. The third-order valence-electron chi connectivity index (χ3n) is 6.76. The maximum absolute atomic E-state index is 14.0. The van der Waals surface area contributed by atoms with Crippen molar-refractivity contribution in [3.8, 4) is 11.7 Å². The van der Waals surface area contributed by atoms with E-state index in [9.17, 15) is 28.4 Å². The summed E-state index contributed by atoms with van der Waals surface area (Å²) in [4.78, 5) is 38.5. The van der Waals surface area contributed by atoms with Gasteiger partial charge in [0, 0.05) is 36.4 Å². The third kappa shape index (κ3) is 9.35. The SMILES string of the molecule is C=C(C)C(C)B(C#N)n1cc(C(=O)NCc2ccc(F)cc2F)c(=O)c(OCc2ccccc2)c1C=O.C=CC(C)NC. The number of rotatable bonds is 12. The number of carbonyl (C=O) groups is 2. The van der Waals surface area contributed by atoms with E-state index in [4.69, 9.17) is 4.74 Å². The molecule has 0 saturated carbocycles. The molecule has 1 heterocycles. The minimum atomic E-state index is -0.988. The highest BCUT2D eigenvalue weighted by Gasteiger charge is 2.31. The van der Waals surface area contributed by atoms with Crippen molar-refractivity contribution in [1.82, 2.24) is 15.1 Å². The first-order chi connectivity index (χ1) is 20.5. The van der Waals surface area contributed by atoms with Gasteiger partial charge in [0.05, 0.1) is 0 Å². The fraction of sp³-hybridized carbons (Fsp3) is 0.250. The zero-order valence-corrected chi connectivity index (χ0v) is 24.7. The van der Waals surface area contributed by atoms with Crippen LogP contribution in [0.15, 0.2) is 84.3 Å². The molecule has 11 heteroatoms. The Hall–Kier alpha value is -4.82. The van der Waals surface area contributed by atoms with Gasteiger partial charge in [-0.15, -0.1) is 13.2 Å². The Bertz CT molecular complexity index is 1550. The summed E-state index contributed by atoms with van der Waals surface area (Å²) < 4.78 is 34.2. The van der Waals surface area contributed by atoms with Gasteiger partial charge in [-0.1, -0.05) is 55.0 Å². The van der Waals surface area contributed by atoms with Gasteiger partial charge in [-0.05, 0) is 38.3 Å². The summed E-state index contributed by atoms with van der Waals surface area (Å²) in [5.74, 6) is -1.26. The van der Waals surface area contributed by atoms with Crippen molar-refractivity contribution < 1.29 is 23.1 Å². The molecule has 0 aliphatic carbocycles. The third-order valence-corrected chi connectivity index (χ3v) is 6.76. The number of nitrogens with zero attached hydrogens (tertiary/aromatic N) is 2. The minimum absolute atomic E-state index is 0.00550. The molecule has 0 aliphatic rings. The molecule has 1 amide bonds. The number of benzene rings is 2. The average molecular weight is 588 g/mol. The Morgan fingerprint density at radius 1 is 1.21 bits per heavy atom. The van der Waals surface area contributed by atoms with Crippen LogP contribution in [0.25, 0.3) is 0 Å². The van der Waals surface area contributed by atoms with Crippen LogP contribution in [0, 0.1) is 22.9 Å². The standard InChI is InChI=1S/C27H24BF2N3O4.C5H11N/c1-17(2)18(3)28(16-31)33-13-22(27(36)32-12-20-9-10-21(29)11-23(20)30)25(35)26(24(33)14-34)37-15-19-7-5-4-6-8-19;1-4-5(2)6-3/h4-11,13-14,18H,1,12,15H2,2-3H3,(H,32,36);4-6H,1H2,2-3H3. The number of nitrogens with one attached hydrogen (secondary N) is 2. The van der Waals surface area contributed by atoms with Crippen LogP contribution in [0.5, 0.6) is 5.75 Å². The Labute approximate surface area is 250 Å². The van der Waals surface area contributed by atoms with Gasteiger partial charge in [-0.3, -0.25) is 14.4 Å². The second-order valence-electron chi connectivity index (χ2n) is 9.83. The van der Waals surface area contributed by atoms with E-state index in [0.717, 1.165) is 12.3 Å². The predicted molar refractivity (Wildman–Crippen MR) is 164 cm³/mol. The Morgan fingerprint density at radius 3 is 2.40 bits per heavy atom. The van der Waals surface area contributed by atoms with Crippen LogP contribution in [0.1, 0.15) is 52.7 Å². The number of carbonyl (C=O) groups excluding carboxylic acids is 2. The fourth-order valence-corrected chi connectivity index (χ4v) is 3.74. The molecule has 2 N–H and O–H groups in total. The summed E-state index contributed by atoms with van der Waals surface area (Å²) in [7, 11) is 1.91. The highest BCUT2D eigenvalue weighted by Crippen LogP contribution is 2.24. The van der Waals surface area contributed by atoms with Crippen molar-refractivity contribution in [2.75, 3.05) is 7.05 Å². The molecule has 2 unspecified atom stereocenters. The van der Waals surface area contributed by atoms with E-state index in [-0.39, 0.29) is 24.4 Å². The smallest absolute Gasteiger partial charge is 0.389 e. The Kier molecular flexibility index (Phi) is 13.3. The molecule has 2 atom stereocenters. The number of hydrogen-bond donors (Lipinski definition) is 2. The maximum Gasteiger partial charge on any atom is 0.389 e. The zero-order chi connectivity index (χ0) is 32.1. The lowest BCUT2D eigenvalue weighted by molar-refractivity contribution is 0.0947. The largest absolute Gasteiger partial charge is 0.483 e. The molecule has 0 aliphatic heterocycles. The highest BCUT2D eigenvalue weighted by molar-refractivity contribution is 6.67. The van der Waals surface area contributed by atoms with Gasteiger partial charge in [0.25, 0.3) is 5.91 Å². The van der Waals surface area contributed by atoms with Gasteiger partial charge in [-0.25, -0.2) is 14.0 Å². The molecule has 8 nitrogen and oxygen atoms in total. The highest BCUT2D eigenvalue weighted by atomic mass is 19.1. The van der Waals surface area contributed by atoms with Crippen molar-refractivity contribution in [3.63, 3.8) is 0 Å². The van der Waals surface area contributed by atoms with Gasteiger partial charge in [-0.2, -0.15) is 0 Å². The number of likely N-dealkylation sites (N-methyl/N-ethyl adjacent to an activating group) is 1. The molecule has 0 fully saturated rings. The zero-order valence-electron chi connectivity index (χ0n) is 24.7. The lowest BCUT2D eigenvalue weighted by atomic mass is 9.51. The van der Waals surface area contributed by atoms with Crippen LogP contribution in [0.2, 0.25) is 5.82 Å². The van der Waals surface area contributed by atoms with E-state index < -0.39 is 46.9 Å². The fourth-order valence-electron chi connectivity index (χ4n) is 3.74. The topological polar surface area (TPSA) is 113 Å². The molecule has 1 aromatic heterocycles. The predicted octanol–water partition coefficient (Wildman–Crippen LogP) is 5.10. The van der Waals surface area contributed by atoms with E-state index in [1.54, 1.807) is 44.2 Å². The second kappa shape index (κ2) is 16.6. The first-order valence-electron chi connectivity index (χ1n) is 13.5. The summed E-state index contributed by atoms with van der Waals surface area (Å²) in [6.45, 7) is 11.5. The molecule has 3 rings (SSSR count). The second-order valence-corrected chi connectivity index (χ2v) is 9.83. The first kappa shape index (κ1) is 34.4. The van der Waals surface area contributed by atoms with Crippen LogP contribution in [-0.2, 0) is 13.2 Å². The van der Waals surface area contributed by atoms with Crippen LogP contribution in [0.3, 0.4) is 0 Å². The van der Waals surface area contributed by atoms with Crippen molar-refractivity contribution in [2.24, 2.45) is 0 Å². The first-order valence-corrected chi connectivity index (χ1v) is 13.5. The van der Waals surface area contributed by atoms with Crippen LogP contribution in [0.4, 0.5) is 8.78 Å². The summed E-state index contributed by atoms with van der Waals surface area (Å²) in [6, 6.07) is 12.2. The van der Waals surface area contributed by atoms with E-state index >= 15 is 0 Å². The number of halogens is 2. The molecule has 0 radical (unpaired) electrons. The maximum atomic E-state index is 14.0. The van der Waals surface area contributed by atoms with Gasteiger partial charge in [0.15, 0.2) is 12.0 Å². The number of allylic oxidation sites excluding steroid dienone is 1. The summed E-state index contributed by atoms with van der Waals surface area (Å²) >= 11 is 0. The number of aldehydes is 1. The number of ether oxygens (including phenoxy) is 1. The molecule has 0 bridgehead atoms. The van der Waals surface area contributed by atoms with Gasteiger partial charge in [0.2, 0.25) is 5.43 Å². The van der Waals surface area contributed by atoms with E-state index in [1.165, 1.54) is 10.5 Å². The molecule has 0 saturated heterocycles. The van der Waals surface area contributed by atoms with Crippen LogP contribution >= 0.6 is 0 Å². The number of pyridine rings is 1. The molecule has 2 aromatic carbocycles. The quantitative estimate of drug-likeness (QED) is 0.173. The van der Waals surface area contributed by atoms with Crippen molar-refractivity contribution >= 4 is 19.0 Å². The number of nitriles is 1. The number of amides is 1. The lowest BCUT2D eigenvalue weighted by Crippen LogP contribution is -2.36. The molecule has 224 valence electrons. The monoisotopic (exact) mass is 588 g/mol. The summed E-state index contributed by atoms with van der Waals surface area (Å²) in [6.07, 6.45) is 3.37. The summed E-state index contributed by atoms with van der Waals surface area (Å²) in [5.41, 5.74) is -0.130. The normalized spacial score (nSPS) is 11.6. The van der Waals surface area contributed by atoms with Crippen molar-refractivity contribution in [3.05, 3.63) is 124 Å². The van der Waals surface area contributed by atoms with Gasteiger partial charge < -0.3 is 19.8 Å². The van der Waals surface area contributed by atoms with E-state index in [0.29, 0.717) is 29.5 Å². The van der Waals surface area contributed by atoms with Gasteiger partial charge in [0.1, 0.15) is 29.5 Å². The van der Waals surface area contributed by atoms with E-state index in [2.05, 4.69) is 29.8 Å². The van der Waals surface area contributed by atoms with Crippen LogP contribution < -0.4 is 20.8 Å². The number of hydrogen-bond acceptors (Lipinski definition) is 6. The lowest BCUT2D eigenvalue weighted by Gasteiger charge is -2.22. The van der Waals surface area contributed by atoms with Crippen molar-refractivity contribution in [2.45, 2.75) is 45.8 Å². The van der Waals surface area contributed by atoms with Gasteiger partial charge >= 0.3 is 6.85 Å².